The second-order valence-corrected chi connectivity index (χ2v) is 4.70. The molecule has 128 valence electrons. The van der Waals surface area contributed by atoms with E-state index in [4.69, 9.17) is 4.74 Å². The van der Waals surface area contributed by atoms with E-state index in [0.717, 1.165) is 0 Å². The zero-order chi connectivity index (χ0) is 16.5. The number of halogens is 8. The lowest BCUT2D eigenvalue weighted by Crippen LogP contribution is -2.26. The summed E-state index contributed by atoms with van der Waals surface area (Å²) in [4.78, 5) is 0. The van der Waals surface area contributed by atoms with Gasteiger partial charge in [0.05, 0.1) is 12.2 Å². The summed E-state index contributed by atoms with van der Waals surface area (Å²) in [6.45, 7) is -2.21. The van der Waals surface area contributed by atoms with E-state index in [-0.39, 0.29) is 25.7 Å². The highest BCUT2D eigenvalue weighted by Crippen LogP contribution is 2.25. The molecule has 0 saturated heterocycles. The minimum Gasteiger partial charge on any atom is -0.370 e. The van der Waals surface area contributed by atoms with Crippen LogP contribution < -0.4 is 0 Å². The number of ether oxygens (including phenoxy) is 1. The summed E-state index contributed by atoms with van der Waals surface area (Å²) in [5, 5.41) is 0. The van der Waals surface area contributed by atoms with Crippen LogP contribution in [0, 0.1) is 0 Å². The largest absolute Gasteiger partial charge is 0.389 e. The zero-order valence-corrected chi connectivity index (χ0v) is 11.2. The second-order valence-electron chi connectivity index (χ2n) is 4.70. The summed E-state index contributed by atoms with van der Waals surface area (Å²) in [6.07, 6.45) is -14.7. The summed E-state index contributed by atoms with van der Waals surface area (Å²) in [5.41, 5.74) is 0. The minimum atomic E-state index is -4.37. The maximum Gasteiger partial charge on any atom is 0.389 e. The van der Waals surface area contributed by atoms with Gasteiger partial charge in [-0.3, -0.25) is 0 Å². The van der Waals surface area contributed by atoms with E-state index in [0.29, 0.717) is 0 Å². The molecule has 0 heterocycles. The monoisotopic (exact) mass is 330 g/mol. The van der Waals surface area contributed by atoms with Gasteiger partial charge in [-0.05, 0) is 25.7 Å². The maximum atomic E-state index is 12.6. The molecule has 0 amide bonds. The first-order valence-corrected chi connectivity index (χ1v) is 6.48. The Hall–Kier alpha value is -0.600. The normalized spacial score (nSPS) is 16.0. The Morgan fingerprint density at radius 1 is 0.667 bits per heavy atom. The second kappa shape index (κ2) is 9.42. The lowest BCUT2D eigenvalue weighted by Gasteiger charge is -2.21. The third-order valence-electron chi connectivity index (χ3n) is 2.70. The Kier molecular flexibility index (Phi) is 9.15. The van der Waals surface area contributed by atoms with Crippen molar-refractivity contribution in [1.82, 2.24) is 0 Å². The Morgan fingerprint density at radius 3 is 1.24 bits per heavy atom. The summed E-state index contributed by atoms with van der Waals surface area (Å²) in [6, 6.07) is 0. The number of alkyl halides is 8. The van der Waals surface area contributed by atoms with Crippen LogP contribution in [0.15, 0.2) is 0 Å². The fraction of sp³-hybridized carbons (Fsp3) is 1.00. The summed E-state index contributed by atoms with van der Waals surface area (Å²) in [7, 11) is 0. The van der Waals surface area contributed by atoms with Crippen molar-refractivity contribution in [2.24, 2.45) is 0 Å². The molecule has 0 aliphatic carbocycles. The van der Waals surface area contributed by atoms with Crippen molar-refractivity contribution in [2.45, 2.75) is 63.1 Å². The molecule has 0 aliphatic rings. The predicted octanol–water partition coefficient (Wildman–Crippen LogP) is 5.14. The van der Waals surface area contributed by atoms with Crippen LogP contribution in [-0.2, 0) is 4.74 Å². The molecule has 0 radical (unpaired) electrons. The predicted molar refractivity (Wildman–Crippen MR) is 60.4 cm³/mol. The molecule has 0 bridgehead atoms. The van der Waals surface area contributed by atoms with E-state index in [1.165, 1.54) is 0 Å². The van der Waals surface area contributed by atoms with Gasteiger partial charge in [-0.2, -0.15) is 26.3 Å². The zero-order valence-electron chi connectivity index (χ0n) is 11.2. The molecule has 0 saturated carbocycles. The Morgan fingerprint density at radius 2 is 1.00 bits per heavy atom. The first-order chi connectivity index (χ1) is 9.57. The molecule has 0 N–H and O–H groups in total. The fourth-order valence-corrected chi connectivity index (χ4v) is 1.70. The van der Waals surface area contributed by atoms with Gasteiger partial charge in [-0.1, -0.05) is 0 Å². The molecular formula is C12H18F8O. The van der Waals surface area contributed by atoms with Crippen LogP contribution in [0.25, 0.3) is 0 Å². The van der Waals surface area contributed by atoms with E-state index in [1.54, 1.807) is 0 Å². The standard InChI is InChI=1S/C12H18F8O/c13-7-9(3-1-5-11(15,16)17)21-10(8-14)4-2-6-12(18,19)20/h9-10H,1-8H2. The van der Waals surface area contributed by atoms with Crippen molar-refractivity contribution in [3.8, 4) is 0 Å². The van der Waals surface area contributed by atoms with Crippen molar-refractivity contribution in [3.05, 3.63) is 0 Å². The Bertz CT molecular complexity index is 237. The van der Waals surface area contributed by atoms with Gasteiger partial charge in [0.25, 0.3) is 0 Å². The van der Waals surface area contributed by atoms with E-state index in [1.807, 2.05) is 0 Å². The van der Waals surface area contributed by atoms with Gasteiger partial charge < -0.3 is 4.74 Å². The van der Waals surface area contributed by atoms with Crippen LogP contribution >= 0.6 is 0 Å². The first kappa shape index (κ1) is 20.4. The Balaban J connectivity index is 4.05. The molecule has 0 aromatic rings. The van der Waals surface area contributed by atoms with Crippen LogP contribution in [0.1, 0.15) is 38.5 Å². The third kappa shape index (κ3) is 12.8. The third-order valence-corrected chi connectivity index (χ3v) is 2.70. The quantitative estimate of drug-likeness (QED) is 0.504. The van der Waals surface area contributed by atoms with Crippen LogP contribution in [0.2, 0.25) is 0 Å². The molecule has 0 fully saturated rings. The van der Waals surface area contributed by atoms with Gasteiger partial charge in [-0.15, -0.1) is 0 Å². The van der Waals surface area contributed by atoms with Gasteiger partial charge >= 0.3 is 12.4 Å². The van der Waals surface area contributed by atoms with Crippen LogP contribution in [0.4, 0.5) is 35.1 Å². The smallest absolute Gasteiger partial charge is 0.370 e. The average Bonchev–Trinajstić information content (AvgIpc) is 2.32. The van der Waals surface area contributed by atoms with Gasteiger partial charge in [0, 0.05) is 12.8 Å². The van der Waals surface area contributed by atoms with Crippen molar-refractivity contribution < 1.29 is 39.9 Å². The highest BCUT2D eigenvalue weighted by Gasteiger charge is 2.29. The molecule has 2 unspecified atom stereocenters. The molecule has 0 aromatic carbocycles. The molecule has 0 spiro atoms. The topological polar surface area (TPSA) is 9.23 Å². The van der Waals surface area contributed by atoms with E-state index in [9.17, 15) is 35.1 Å². The SMILES string of the molecule is FCC(CCCC(F)(F)F)OC(CF)CCCC(F)(F)F. The summed E-state index contributed by atoms with van der Waals surface area (Å²) < 4.78 is 102. The van der Waals surface area contributed by atoms with Crippen molar-refractivity contribution in [2.75, 3.05) is 13.3 Å². The molecule has 21 heavy (non-hydrogen) atoms. The molecule has 1 nitrogen and oxygen atoms in total. The lowest BCUT2D eigenvalue weighted by atomic mass is 10.1. The molecule has 2 atom stereocenters. The van der Waals surface area contributed by atoms with Gasteiger partial charge in [0.15, 0.2) is 0 Å². The van der Waals surface area contributed by atoms with Crippen LogP contribution in [-0.4, -0.2) is 37.9 Å². The number of rotatable bonds is 10. The van der Waals surface area contributed by atoms with E-state index >= 15 is 0 Å². The lowest BCUT2D eigenvalue weighted by molar-refractivity contribution is -0.139. The number of hydrogen-bond acceptors (Lipinski definition) is 1. The molecule has 0 rings (SSSR count). The molecular weight excluding hydrogens is 312 g/mol. The average molecular weight is 330 g/mol. The summed E-state index contributed by atoms with van der Waals surface area (Å²) in [5.74, 6) is 0. The molecule has 9 heteroatoms. The van der Waals surface area contributed by atoms with Crippen molar-refractivity contribution >= 4 is 0 Å². The van der Waals surface area contributed by atoms with Crippen LogP contribution in [0.5, 0.6) is 0 Å². The highest BCUT2D eigenvalue weighted by molar-refractivity contribution is 4.65. The minimum absolute atomic E-state index is 0.258. The maximum absolute atomic E-state index is 12.6. The van der Waals surface area contributed by atoms with Crippen molar-refractivity contribution in [1.29, 1.82) is 0 Å². The van der Waals surface area contributed by atoms with Crippen molar-refractivity contribution in [3.63, 3.8) is 0 Å². The summed E-state index contributed by atoms with van der Waals surface area (Å²) >= 11 is 0. The first-order valence-electron chi connectivity index (χ1n) is 6.48. The van der Waals surface area contributed by atoms with Gasteiger partial charge in [0.1, 0.15) is 13.3 Å². The van der Waals surface area contributed by atoms with E-state index in [2.05, 4.69) is 0 Å². The highest BCUT2D eigenvalue weighted by atomic mass is 19.4. The molecule has 0 aliphatic heterocycles. The van der Waals surface area contributed by atoms with Gasteiger partial charge in [-0.25, -0.2) is 8.78 Å². The molecule has 0 aromatic heterocycles. The Labute approximate surface area is 117 Å². The van der Waals surface area contributed by atoms with Crippen LogP contribution in [0.3, 0.4) is 0 Å². The van der Waals surface area contributed by atoms with Gasteiger partial charge in [0.2, 0.25) is 0 Å². The van der Waals surface area contributed by atoms with E-state index < -0.39 is 50.8 Å². The number of hydrogen-bond donors (Lipinski definition) is 0. The fourth-order valence-electron chi connectivity index (χ4n) is 1.70.